The summed E-state index contributed by atoms with van der Waals surface area (Å²) in [6.07, 6.45) is -34.9. The second-order valence-electron chi connectivity index (χ2n) is 29.2. The first-order chi connectivity index (χ1) is 41.6. The number of fused-ring (bicyclic) bond motifs is 7. The molecule has 4 saturated heterocycles. The van der Waals surface area contributed by atoms with Crippen molar-refractivity contribution < 1.29 is 133 Å². The molecule has 9 fully saturated rings. The van der Waals surface area contributed by atoms with Crippen LogP contribution in [-0.2, 0) is 61.8 Å². The van der Waals surface area contributed by atoms with Crippen LogP contribution in [0, 0.1) is 62.1 Å². The number of aliphatic hydroxyl groups is 13. The van der Waals surface area contributed by atoms with Crippen molar-refractivity contribution in [3.63, 3.8) is 0 Å². The van der Waals surface area contributed by atoms with E-state index in [0.717, 1.165) is 0 Å². The van der Waals surface area contributed by atoms with Gasteiger partial charge in [-0.3, -0.25) is 4.79 Å². The van der Waals surface area contributed by atoms with E-state index in [1.807, 2.05) is 41.5 Å². The lowest BCUT2D eigenvalue weighted by atomic mass is 9.30. The Balaban J connectivity index is 1.03. The average molecular weight is 1280 g/mol. The summed E-state index contributed by atoms with van der Waals surface area (Å²) in [6, 6.07) is 0. The Morgan fingerprint density at radius 3 is 1.85 bits per heavy atom. The highest BCUT2D eigenvalue weighted by Crippen LogP contribution is 2.77. The van der Waals surface area contributed by atoms with E-state index in [0.29, 0.717) is 50.5 Å². The second kappa shape index (κ2) is 26.1. The van der Waals surface area contributed by atoms with Gasteiger partial charge in [-0.2, -0.15) is 0 Å². The number of carboxylic acid groups (broad SMARTS) is 1. The summed E-state index contributed by atoms with van der Waals surface area (Å²) in [5.74, 6) is -4.68. The summed E-state index contributed by atoms with van der Waals surface area (Å²) in [4.78, 5) is 40.9. The van der Waals surface area contributed by atoms with Crippen LogP contribution in [0.15, 0.2) is 11.6 Å². The van der Waals surface area contributed by atoms with Gasteiger partial charge in [0, 0.05) is 16.4 Å². The van der Waals surface area contributed by atoms with Crippen molar-refractivity contribution in [2.45, 2.75) is 269 Å². The predicted octanol–water partition coefficient (Wildman–Crippen LogP) is -1.11. The first-order valence-corrected chi connectivity index (χ1v) is 31.7. The Kier molecular flexibility index (Phi) is 20.7. The van der Waals surface area contributed by atoms with Crippen molar-refractivity contribution in [3.05, 3.63) is 11.6 Å². The van der Waals surface area contributed by atoms with Crippen LogP contribution in [0.4, 0.5) is 0 Å². The van der Waals surface area contributed by atoms with Crippen LogP contribution < -0.4 is 0 Å². The molecule has 9 aliphatic rings. The van der Waals surface area contributed by atoms with Crippen LogP contribution in [0.25, 0.3) is 0 Å². The normalized spacial score (nSPS) is 50.9. The highest BCUT2D eigenvalue weighted by Gasteiger charge is 2.78. The van der Waals surface area contributed by atoms with Crippen LogP contribution in [0.3, 0.4) is 0 Å². The van der Waals surface area contributed by atoms with E-state index in [1.54, 1.807) is 26.8 Å². The van der Waals surface area contributed by atoms with E-state index >= 15 is 0 Å². The zero-order valence-electron chi connectivity index (χ0n) is 52.8. The van der Waals surface area contributed by atoms with Crippen LogP contribution in [0.1, 0.15) is 128 Å². The fourth-order valence-corrected chi connectivity index (χ4v) is 18.2. The van der Waals surface area contributed by atoms with Crippen LogP contribution in [0.2, 0.25) is 0 Å². The van der Waals surface area contributed by atoms with Gasteiger partial charge in [0.1, 0.15) is 91.6 Å². The number of aliphatic carboxylic acids is 1. The zero-order valence-corrected chi connectivity index (χ0v) is 52.8. The molecule has 4 aliphatic heterocycles. The smallest absolute Gasteiger partial charge is 0.335 e. The summed E-state index contributed by atoms with van der Waals surface area (Å²) in [6.45, 7) is 18.5. The minimum atomic E-state index is -2.23. The number of carboxylic acids is 1. The molecular weight excluding hydrogens is 1180 g/mol. The van der Waals surface area contributed by atoms with E-state index in [4.69, 9.17) is 47.4 Å². The molecule has 510 valence electrons. The van der Waals surface area contributed by atoms with E-state index < -0.39 is 230 Å². The van der Waals surface area contributed by atoms with Crippen molar-refractivity contribution in [1.82, 2.24) is 0 Å². The first-order valence-electron chi connectivity index (χ1n) is 31.7. The van der Waals surface area contributed by atoms with E-state index in [-0.39, 0.29) is 24.2 Å². The fraction of sp³-hybridized carbons (Fsp3) is 0.919. The van der Waals surface area contributed by atoms with E-state index in [9.17, 15) is 85.9 Å². The van der Waals surface area contributed by atoms with Crippen molar-refractivity contribution in [2.24, 2.45) is 62.1 Å². The molecule has 89 heavy (non-hydrogen) atoms. The SMILES string of the molecule is C/C=C(/C)C(=O)O[C@H]1[C@H](OC(=O)C(C)CC)[C@@]2(CO)C(CC1(C)C)C1CCC3[C@@]4(C)CC[C@H](O[C@@H]5O[C@H](C(=O)O)[C@@H](O)[C@H](O[C@@H]6OC[C@H](O)[C@H](O)[C@H]6O[C@@H]6OC[C@@H](O)[C@H](O)[C@H]6O)[C@H]5O[C@@H]5O[C@H](CO)[C@H](O)[C@H](O)[C@H]5O)C(C)(C)C4CC[C@@]3(C)[C@]1(C)[C@@H](O)[C@H]2O. The van der Waals surface area contributed by atoms with Crippen molar-refractivity contribution in [1.29, 1.82) is 0 Å². The third kappa shape index (κ3) is 11.7. The number of carbonyl (C=O) groups is 3. The molecule has 0 spiro atoms. The van der Waals surface area contributed by atoms with Gasteiger partial charge < -0.3 is 119 Å². The lowest BCUT2D eigenvalue weighted by Gasteiger charge is -2.75. The maximum atomic E-state index is 14.0. The van der Waals surface area contributed by atoms with Gasteiger partial charge in [0.15, 0.2) is 31.3 Å². The van der Waals surface area contributed by atoms with Gasteiger partial charge in [0.25, 0.3) is 0 Å². The molecule has 27 nitrogen and oxygen atoms in total. The van der Waals surface area contributed by atoms with E-state index in [2.05, 4.69) is 13.8 Å². The molecule has 9 rings (SSSR count). The number of allylic oxidation sites excluding steroid dienone is 1. The van der Waals surface area contributed by atoms with Gasteiger partial charge in [0.2, 0.25) is 0 Å². The van der Waals surface area contributed by atoms with Gasteiger partial charge in [-0.05, 0) is 105 Å². The van der Waals surface area contributed by atoms with Crippen molar-refractivity contribution in [2.75, 3.05) is 26.4 Å². The Morgan fingerprint density at radius 1 is 0.618 bits per heavy atom. The number of hydrogen-bond donors (Lipinski definition) is 14. The number of ether oxygens (including phenoxy) is 10. The maximum absolute atomic E-state index is 14.0. The molecule has 0 aromatic carbocycles. The van der Waals surface area contributed by atoms with Gasteiger partial charge in [-0.1, -0.05) is 68.4 Å². The number of hydrogen-bond acceptors (Lipinski definition) is 26. The van der Waals surface area contributed by atoms with E-state index in [1.165, 1.54) is 0 Å². The summed E-state index contributed by atoms with van der Waals surface area (Å²) < 4.78 is 61.4. The third-order valence-electron chi connectivity index (χ3n) is 23.9. The fourth-order valence-electron chi connectivity index (χ4n) is 18.2. The number of rotatable bonds is 16. The summed E-state index contributed by atoms with van der Waals surface area (Å²) >= 11 is 0. The summed E-state index contributed by atoms with van der Waals surface area (Å²) in [5.41, 5.74) is -5.27. The van der Waals surface area contributed by atoms with Crippen molar-refractivity contribution >= 4 is 17.9 Å². The quantitative estimate of drug-likeness (QED) is 0.0495. The Morgan fingerprint density at radius 2 is 1.24 bits per heavy atom. The Bertz CT molecular complexity index is 2530. The molecule has 0 amide bonds. The number of aliphatic hydroxyl groups excluding tert-OH is 13. The van der Waals surface area contributed by atoms with Gasteiger partial charge in [0.05, 0.1) is 56.1 Å². The molecule has 0 radical (unpaired) electrons. The standard InChI is InChI=1S/C62H100O27/c1-12-25(3)51(78)88-48-49(89-52(79)26(4)13-2)62(24-64)28(20-57(48,5)6)27-14-15-33-59(9)18-17-34(58(7,8)32(59)16-19-60(33,10)61(27,11)46(74)47(62)75)83-56-45(87-54-40(72)38(70)37(69)31(21-63)82-54)42(41(73)43(85-56)50(76)77)84-55-44(36(68)30(66)23-81-55)86-53-39(71)35(67)29(65)22-80-53/h12,26-49,53-56,63-75H,13-24H2,1-11H3,(H,76,77)/b25-12-/t26?,27?,28?,29-,30+,31-,32?,33?,34+,35+,36+,37+,38+,39-,40-,41+,42+,43+,44-,45-,46+,47-,48+,49+,53+,54+,55+,56-,59+,60-,61+,62+/m1/s1. The molecule has 4 heterocycles. The van der Waals surface area contributed by atoms with Crippen molar-refractivity contribution in [3.8, 4) is 0 Å². The molecule has 0 aromatic heterocycles. The lowest BCUT2D eigenvalue weighted by Crippen LogP contribution is -2.79. The molecule has 0 aromatic rings. The highest BCUT2D eigenvalue weighted by atomic mass is 16.8. The molecule has 5 aliphatic carbocycles. The first kappa shape index (κ1) is 70.6. The monoisotopic (exact) mass is 1280 g/mol. The van der Waals surface area contributed by atoms with Gasteiger partial charge in [-0.15, -0.1) is 0 Å². The largest absolute Gasteiger partial charge is 0.479 e. The van der Waals surface area contributed by atoms with Crippen LogP contribution in [-0.4, -0.2) is 257 Å². The Labute approximate surface area is 518 Å². The number of esters is 2. The second-order valence-corrected chi connectivity index (χ2v) is 29.2. The molecule has 27 heteroatoms. The molecule has 0 bridgehead atoms. The zero-order chi connectivity index (χ0) is 65.7. The molecule has 32 atom stereocenters. The summed E-state index contributed by atoms with van der Waals surface area (Å²) in [5, 5.41) is 158. The molecule has 5 saturated carbocycles. The third-order valence-corrected chi connectivity index (χ3v) is 23.9. The lowest BCUT2D eigenvalue weighted by molar-refractivity contribution is -0.399. The van der Waals surface area contributed by atoms with Gasteiger partial charge >= 0.3 is 17.9 Å². The highest BCUT2D eigenvalue weighted by molar-refractivity contribution is 5.87. The maximum Gasteiger partial charge on any atom is 0.335 e. The molecular formula is C62H100O27. The van der Waals surface area contributed by atoms with Gasteiger partial charge in [-0.25, -0.2) is 9.59 Å². The topological polar surface area (TPSA) is 427 Å². The summed E-state index contributed by atoms with van der Waals surface area (Å²) in [7, 11) is 0. The van der Waals surface area contributed by atoms with Crippen LogP contribution >= 0.6 is 0 Å². The minimum absolute atomic E-state index is 0.114. The molecule has 5 unspecified atom stereocenters. The average Bonchev–Trinajstić information content (AvgIpc) is 0.677. The molecule has 14 N–H and O–H groups in total. The predicted molar refractivity (Wildman–Crippen MR) is 303 cm³/mol. The number of carbonyl (C=O) groups excluding carboxylic acids is 2. The Hall–Kier alpha value is -2.69. The minimum Gasteiger partial charge on any atom is -0.479 e. The van der Waals surface area contributed by atoms with Crippen LogP contribution in [0.5, 0.6) is 0 Å².